The number of nitrogens with one attached hydrogen (secondary N) is 2. The SMILES string of the molecule is Nc1cccc(-n2cnc3ccc(NC(=O)CSCc4nc5scc(-c6cccs6)c5c(=O)[nH]4)cc3c2=O)c1. The van der Waals surface area contributed by atoms with Crippen LogP contribution in [0.1, 0.15) is 5.82 Å². The molecule has 4 heterocycles. The van der Waals surface area contributed by atoms with Crippen molar-refractivity contribution in [2.75, 3.05) is 16.8 Å². The number of amides is 1. The first-order chi connectivity index (χ1) is 19.0. The van der Waals surface area contributed by atoms with E-state index in [2.05, 4.69) is 20.3 Å². The minimum atomic E-state index is -0.266. The van der Waals surface area contributed by atoms with E-state index in [9.17, 15) is 14.4 Å². The topological polar surface area (TPSA) is 136 Å². The first kappa shape index (κ1) is 25.0. The molecule has 0 saturated carbocycles. The summed E-state index contributed by atoms with van der Waals surface area (Å²) < 4.78 is 1.42. The number of benzene rings is 2. The van der Waals surface area contributed by atoms with Gasteiger partial charge >= 0.3 is 0 Å². The zero-order chi connectivity index (χ0) is 26.9. The van der Waals surface area contributed by atoms with E-state index in [0.29, 0.717) is 49.8 Å². The fourth-order valence-electron chi connectivity index (χ4n) is 4.17. The van der Waals surface area contributed by atoms with Gasteiger partial charge in [-0.1, -0.05) is 12.1 Å². The molecule has 0 aliphatic carbocycles. The highest BCUT2D eigenvalue weighted by molar-refractivity contribution is 7.99. The number of rotatable bonds is 7. The number of fused-ring (bicyclic) bond motifs is 2. The molecule has 6 rings (SSSR count). The molecule has 39 heavy (non-hydrogen) atoms. The first-order valence-corrected chi connectivity index (χ1v) is 14.7. The van der Waals surface area contributed by atoms with Crippen LogP contribution in [0.3, 0.4) is 0 Å². The molecule has 6 aromatic rings. The van der Waals surface area contributed by atoms with Crippen molar-refractivity contribution in [1.82, 2.24) is 19.5 Å². The minimum Gasteiger partial charge on any atom is -0.399 e. The van der Waals surface area contributed by atoms with E-state index in [0.717, 1.165) is 10.4 Å². The smallest absolute Gasteiger partial charge is 0.265 e. The maximum absolute atomic E-state index is 13.1. The Kier molecular flexibility index (Phi) is 6.73. The molecule has 0 atom stereocenters. The van der Waals surface area contributed by atoms with Crippen LogP contribution in [0.15, 0.2) is 81.3 Å². The van der Waals surface area contributed by atoms with Crippen LogP contribution < -0.4 is 22.2 Å². The van der Waals surface area contributed by atoms with Gasteiger partial charge < -0.3 is 16.0 Å². The van der Waals surface area contributed by atoms with E-state index in [1.807, 2.05) is 22.9 Å². The normalized spacial score (nSPS) is 11.3. The van der Waals surface area contributed by atoms with Crippen LogP contribution in [-0.4, -0.2) is 31.2 Å². The Morgan fingerprint density at radius 3 is 2.82 bits per heavy atom. The molecule has 194 valence electrons. The third-order valence-corrected chi connectivity index (χ3v) is 8.66. The first-order valence-electron chi connectivity index (χ1n) is 11.8. The summed E-state index contributed by atoms with van der Waals surface area (Å²) in [6, 6.07) is 15.9. The predicted molar refractivity (Wildman–Crippen MR) is 160 cm³/mol. The molecule has 0 fully saturated rings. The summed E-state index contributed by atoms with van der Waals surface area (Å²) in [4.78, 5) is 52.0. The molecule has 0 aliphatic heterocycles. The summed E-state index contributed by atoms with van der Waals surface area (Å²) in [5.41, 5.74) is 8.46. The lowest BCUT2D eigenvalue weighted by molar-refractivity contribution is -0.113. The van der Waals surface area contributed by atoms with Crippen molar-refractivity contribution in [2.24, 2.45) is 0 Å². The van der Waals surface area contributed by atoms with Gasteiger partial charge in [0.1, 0.15) is 17.0 Å². The summed E-state index contributed by atoms with van der Waals surface area (Å²) in [5, 5.41) is 7.72. The molecule has 0 bridgehead atoms. The van der Waals surface area contributed by atoms with Crippen LogP contribution in [0.25, 0.3) is 37.2 Å². The Labute approximate surface area is 233 Å². The highest BCUT2D eigenvalue weighted by Crippen LogP contribution is 2.33. The Balaban J connectivity index is 1.13. The summed E-state index contributed by atoms with van der Waals surface area (Å²) in [6.45, 7) is 0. The largest absolute Gasteiger partial charge is 0.399 e. The third-order valence-electron chi connectivity index (χ3n) is 5.94. The molecule has 0 saturated heterocycles. The zero-order valence-corrected chi connectivity index (χ0v) is 22.7. The van der Waals surface area contributed by atoms with Gasteiger partial charge in [0.05, 0.1) is 33.5 Å². The number of thiophene rings is 2. The van der Waals surface area contributed by atoms with Gasteiger partial charge in [0, 0.05) is 27.2 Å². The zero-order valence-electron chi connectivity index (χ0n) is 20.2. The van der Waals surface area contributed by atoms with Gasteiger partial charge in [0.2, 0.25) is 5.91 Å². The summed E-state index contributed by atoms with van der Waals surface area (Å²) in [7, 11) is 0. The number of aromatic amines is 1. The Morgan fingerprint density at radius 1 is 1.10 bits per heavy atom. The van der Waals surface area contributed by atoms with Crippen molar-refractivity contribution in [3.63, 3.8) is 0 Å². The van der Waals surface area contributed by atoms with Crippen LogP contribution in [0.4, 0.5) is 11.4 Å². The highest BCUT2D eigenvalue weighted by Gasteiger charge is 2.14. The van der Waals surface area contributed by atoms with E-state index in [1.165, 1.54) is 34.0 Å². The molecule has 0 unspecified atom stereocenters. The second-order valence-electron chi connectivity index (χ2n) is 8.61. The maximum Gasteiger partial charge on any atom is 0.265 e. The Hall–Kier alpha value is -4.26. The molecule has 12 heteroatoms. The van der Waals surface area contributed by atoms with Crippen LogP contribution in [0.2, 0.25) is 0 Å². The van der Waals surface area contributed by atoms with Crippen molar-refractivity contribution < 1.29 is 4.79 Å². The second-order valence-corrected chi connectivity index (χ2v) is 11.4. The summed E-state index contributed by atoms with van der Waals surface area (Å²) >= 11 is 4.35. The average Bonchev–Trinajstić information content (AvgIpc) is 3.60. The molecular formula is C27H20N6O3S3. The lowest BCUT2D eigenvalue weighted by atomic mass is 10.2. The van der Waals surface area contributed by atoms with Gasteiger partial charge in [0.25, 0.3) is 11.1 Å². The van der Waals surface area contributed by atoms with Crippen molar-refractivity contribution in [3.05, 3.63) is 98.2 Å². The quantitative estimate of drug-likeness (QED) is 0.232. The van der Waals surface area contributed by atoms with Gasteiger partial charge in [-0.3, -0.25) is 19.0 Å². The number of nitrogen functional groups attached to an aromatic ring is 1. The van der Waals surface area contributed by atoms with Gasteiger partial charge in [0.15, 0.2) is 0 Å². The van der Waals surface area contributed by atoms with Gasteiger partial charge in [-0.2, -0.15) is 0 Å². The van der Waals surface area contributed by atoms with Crippen molar-refractivity contribution in [1.29, 1.82) is 0 Å². The van der Waals surface area contributed by atoms with E-state index in [-0.39, 0.29) is 22.8 Å². The van der Waals surface area contributed by atoms with Crippen molar-refractivity contribution >= 4 is 72.8 Å². The standard InChI is InChI=1S/C27H20N6O3S3/c28-15-3-1-4-17(9-15)33-14-29-20-7-6-16(10-18(20)27(33)36)30-23(34)13-37-12-22-31-25(35)24-19(11-39-26(24)32-22)21-5-2-8-38-21/h1-11,14H,12-13,28H2,(H,30,34)(H,31,32,35). The number of nitrogens with zero attached hydrogens (tertiary/aromatic N) is 3. The molecule has 0 radical (unpaired) electrons. The molecule has 1 amide bonds. The van der Waals surface area contributed by atoms with Crippen LogP contribution >= 0.6 is 34.4 Å². The molecule has 4 N–H and O–H groups in total. The van der Waals surface area contributed by atoms with Crippen LogP contribution in [0, 0.1) is 0 Å². The monoisotopic (exact) mass is 572 g/mol. The number of nitrogens with two attached hydrogens (primary N) is 1. The van der Waals surface area contributed by atoms with E-state index in [1.54, 1.807) is 53.8 Å². The predicted octanol–water partition coefficient (Wildman–Crippen LogP) is 4.87. The molecule has 9 nitrogen and oxygen atoms in total. The fourth-order valence-corrected chi connectivity index (χ4v) is 6.64. The number of hydrogen-bond acceptors (Lipinski definition) is 9. The fraction of sp³-hybridized carbons (Fsp3) is 0.0741. The van der Waals surface area contributed by atoms with Crippen molar-refractivity contribution in [3.8, 4) is 16.1 Å². The number of anilines is 2. The lowest BCUT2D eigenvalue weighted by Crippen LogP contribution is -2.20. The van der Waals surface area contributed by atoms with Gasteiger partial charge in [-0.15, -0.1) is 34.4 Å². The number of aromatic nitrogens is 4. The molecule has 4 aromatic heterocycles. The molecular weight excluding hydrogens is 553 g/mol. The minimum absolute atomic E-state index is 0.144. The van der Waals surface area contributed by atoms with Crippen LogP contribution in [-0.2, 0) is 10.5 Å². The van der Waals surface area contributed by atoms with E-state index >= 15 is 0 Å². The number of thioether (sulfide) groups is 1. The van der Waals surface area contributed by atoms with E-state index < -0.39 is 0 Å². The number of H-pyrrole nitrogens is 1. The molecule has 0 spiro atoms. The Bertz CT molecular complexity index is 1960. The second kappa shape index (κ2) is 10.5. The third kappa shape index (κ3) is 5.09. The molecule has 2 aromatic carbocycles. The van der Waals surface area contributed by atoms with Crippen molar-refractivity contribution in [2.45, 2.75) is 5.75 Å². The number of hydrogen-bond donors (Lipinski definition) is 3. The summed E-state index contributed by atoms with van der Waals surface area (Å²) in [5.74, 6) is 0.797. The Morgan fingerprint density at radius 2 is 2.00 bits per heavy atom. The highest BCUT2D eigenvalue weighted by atomic mass is 32.2. The molecule has 0 aliphatic rings. The van der Waals surface area contributed by atoms with E-state index in [4.69, 9.17) is 5.73 Å². The van der Waals surface area contributed by atoms with Crippen LogP contribution in [0.5, 0.6) is 0 Å². The van der Waals surface area contributed by atoms with Gasteiger partial charge in [-0.05, 0) is 47.8 Å². The lowest BCUT2D eigenvalue weighted by Gasteiger charge is -2.09. The number of carbonyl (C=O) groups excluding carboxylic acids is 1. The van der Waals surface area contributed by atoms with Gasteiger partial charge in [-0.25, -0.2) is 9.97 Å². The average molecular weight is 573 g/mol. The summed E-state index contributed by atoms with van der Waals surface area (Å²) in [6.07, 6.45) is 1.46. The number of carbonyl (C=O) groups is 1. The maximum atomic E-state index is 13.1.